The van der Waals surface area contributed by atoms with E-state index in [4.69, 9.17) is 33.4 Å². The summed E-state index contributed by atoms with van der Waals surface area (Å²) in [6, 6.07) is -6.38. The molecule has 392 valence electrons. The number of carbonyl (C=O) groups excluding carboxylic acids is 5. The summed E-state index contributed by atoms with van der Waals surface area (Å²) < 4.78 is 0. The molecule has 0 radical (unpaired) electrons. The van der Waals surface area contributed by atoms with E-state index in [0.717, 1.165) is 19.3 Å². The summed E-state index contributed by atoms with van der Waals surface area (Å²) >= 11 is 4.31. The number of nitrogens with two attached hydrogens (primary N) is 3. The zero-order valence-electron chi connectivity index (χ0n) is 40.7. The van der Waals surface area contributed by atoms with Gasteiger partial charge < -0.3 is 69.8 Å². The second-order valence-electron chi connectivity index (χ2n) is 17.3. The molecule has 0 aliphatic carbocycles. The van der Waals surface area contributed by atoms with Gasteiger partial charge in [0, 0.05) is 44.4 Å². The maximum absolute atomic E-state index is 14.1. The van der Waals surface area contributed by atoms with E-state index < -0.39 is 59.8 Å². The van der Waals surface area contributed by atoms with Crippen molar-refractivity contribution in [2.24, 2.45) is 17.2 Å². The number of nitrogens with zero attached hydrogens (tertiary/aromatic N) is 1. The fourth-order valence-corrected chi connectivity index (χ4v) is 7.67. The number of carboxylic acid groups (broad SMARTS) is 1. The predicted octanol–water partition coefficient (Wildman–Crippen LogP) is 1.44. The van der Waals surface area contributed by atoms with Gasteiger partial charge in [-0.25, -0.2) is 9.78 Å². The van der Waals surface area contributed by atoms with Crippen LogP contribution in [-0.4, -0.2) is 124 Å². The minimum Gasteiger partial charge on any atom is -0.480 e. The predicted molar refractivity (Wildman–Crippen MR) is 270 cm³/mol. The normalized spacial score (nSPS) is 13.1. The molecule has 0 bridgehead atoms. The Kier molecular flexibility index (Phi) is 33.8. The molecule has 1 rings (SSSR count). The van der Waals surface area contributed by atoms with Gasteiger partial charge in [0.05, 0.1) is 12.0 Å². The number of carboxylic acids is 1. The van der Waals surface area contributed by atoms with Crippen LogP contribution in [0.1, 0.15) is 154 Å². The first-order chi connectivity index (χ1) is 33.1. The standard InChI is InChI=1S/C45H84N16O7S/c1-2-3-4-5-6-7-8-9-10-11-12-13-14-15-16-23-37(62)57-36(29-69)41(66)61-35(27-31-28-52-30-56-31)40(65)59-32(20-17-24-53-43(46)47)38(63)58-33(21-18-25-54-44(48)49)39(64)60-34(42(67)68)22-19-26-55-45(50)51/h28,30,32-36,69H,2-27,29H2,1H3,(H,52,56)(H,57,62)(H,58,63)(H,59,65)(H,60,64)(H,61,66)(H,67,68)(H4,46,47,53)(H4,48,49,54)(H4,50,51,55)/t32-,33-,34-,35-,36-/m0/s1. The minimum atomic E-state index is -1.36. The molecular weight excluding hydrogens is 909 g/mol. The van der Waals surface area contributed by atoms with E-state index in [0.29, 0.717) is 12.1 Å². The molecule has 23 nitrogen and oxygen atoms in total. The van der Waals surface area contributed by atoms with Crippen LogP contribution in [0, 0.1) is 16.2 Å². The zero-order valence-corrected chi connectivity index (χ0v) is 41.6. The molecule has 0 saturated carbocycles. The van der Waals surface area contributed by atoms with E-state index in [1.165, 1.54) is 83.2 Å². The number of hydrogen-bond donors (Lipinski definition) is 17. The quantitative estimate of drug-likeness (QED) is 0.0191. The highest BCUT2D eigenvalue weighted by Gasteiger charge is 2.32. The summed E-state index contributed by atoms with van der Waals surface area (Å²) in [5.74, 6) is -5.76. The molecule has 0 spiro atoms. The highest BCUT2D eigenvalue weighted by Crippen LogP contribution is 2.14. The molecule has 1 heterocycles. The summed E-state index contributed by atoms with van der Waals surface area (Å²) in [7, 11) is 0. The molecule has 5 amide bonds. The first kappa shape index (κ1) is 61.2. The van der Waals surface area contributed by atoms with Crippen LogP contribution < -0.4 is 59.7 Å². The minimum absolute atomic E-state index is 0.0310. The molecule has 0 aliphatic heterocycles. The van der Waals surface area contributed by atoms with Crippen molar-refractivity contribution in [3.05, 3.63) is 18.2 Å². The smallest absolute Gasteiger partial charge is 0.326 e. The van der Waals surface area contributed by atoms with Crippen molar-refractivity contribution < 1.29 is 33.9 Å². The molecule has 24 heteroatoms. The van der Waals surface area contributed by atoms with Crippen LogP contribution in [0.2, 0.25) is 0 Å². The zero-order chi connectivity index (χ0) is 51.2. The highest BCUT2D eigenvalue weighted by molar-refractivity contribution is 7.80. The van der Waals surface area contributed by atoms with Crippen LogP contribution in [0.3, 0.4) is 0 Å². The lowest BCUT2D eigenvalue weighted by molar-refractivity contribution is -0.142. The molecule has 0 fully saturated rings. The average molecular weight is 993 g/mol. The summed E-state index contributed by atoms with van der Waals surface area (Å²) in [5.41, 5.74) is 16.6. The van der Waals surface area contributed by atoms with Crippen molar-refractivity contribution in [1.29, 1.82) is 16.2 Å². The Bertz CT molecular complexity index is 1690. The Morgan fingerprint density at radius 3 is 1.33 bits per heavy atom. The van der Waals surface area contributed by atoms with Gasteiger partial charge in [-0.1, -0.05) is 96.8 Å². The summed E-state index contributed by atoms with van der Waals surface area (Å²) in [5, 5.41) is 53.1. The highest BCUT2D eigenvalue weighted by atomic mass is 32.1. The number of hydrogen-bond acceptors (Lipinski definition) is 11. The molecule has 1 aromatic rings. The number of aromatic amines is 1. The molecule has 0 saturated heterocycles. The van der Waals surface area contributed by atoms with Crippen molar-refractivity contribution in [3.63, 3.8) is 0 Å². The molecule has 19 N–H and O–H groups in total. The first-order valence-corrected chi connectivity index (χ1v) is 25.3. The first-order valence-electron chi connectivity index (χ1n) is 24.6. The summed E-state index contributed by atoms with van der Waals surface area (Å²) in [6.45, 7) is 2.70. The van der Waals surface area contributed by atoms with E-state index in [2.05, 4.69) is 72.1 Å². The van der Waals surface area contributed by atoms with E-state index in [1.54, 1.807) is 0 Å². The van der Waals surface area contributed by atoms with Gasteiger partial charge in [0.2, 0.25) is 29.5 Å². The molecule has 0 aromatic carbocycles. The number of aliphatic carboxylic acids is 1. The molecule has 0 aliphatic rings. The molecule has 69 heavy (non-hydrogen) atoms. The van der Waals surface area contributed by atoms with Crippen LogP contribution in [0.5, 0.6) is 0 Å². The van der Waals surface area contributed by atoms with Crippen molar-refractivity contribution in [1.82, 2.24) is 52.5 Å². The van der Waals surface area contributed by atoms with Gasteiger partial charge in [0.15, 0.2) is 17.9 Å². The van der Waals surface area contributed by atoms with Gasteiger partial charge in [0.1, 0.15) is 30.2 Å². The second kappa shape index (κ2) is 38.1. The fourth-order valence-electron chi connectivity index (χ4n) is 7.41. The third-order valence-electron chi connectivity index (χ3n) is 11.3. The Hall–Kier alpha value is -5.81. The number of rotatable bonds is 41. The molecule has 0 unspecified atom stereocenters. The Labute approximate surface area is 413 Å². The fraction of sp³-hybridized carbons (Fsp3) is 0.733. The van der Waals surface area contributed by atoms with Gasteiger partial charge in [-0.3, -0.25) is 40.2 Å². The Morgan fingerprint density at radius 1 is 0.565 bits per heavy atom. The van der Waals surface area contributed by atoms with Crippen LogP contribution in [0.4, 0.5) is 0 Å². The SMILES string of the molecule is CCCCCCCCCCCCCCCCCC(=O)N[C@@H](CS)C(=O)N[C@@H](Cc1c[nH]cn1)C(=O)N[C@@H](CCCNC(=N)N)C(=O)N[C@@H](CCCNC(=N)N)C(=O)N[C@@H](CCCNC(=N)N)C(=O)O. The number of imidazole rings is 1. The topological polar surface area (TPSA) is 397 Å². The molecule has 5 atom stereocenters. The van der Waals surface area contributed by atoms with Gasteiger partial charge in [-0.05, 0) is 44.9 Å². The maximum Gasteiger partial charge on any atom is 0.326 e. The van der Waals surface area contributed by atoms with E-state index in [1.807, 2.05) is 0 Å². The number of aromatic nitrogens is 2. The van der Waals surface area contributed by atoms with Crippen LogP contribution in [0.25, 0.3) is 0 Å². The van der Waals surface area contributed by atoms with Crippen molar-refractivity contribution >= 4 is 66.0 Å². The van der Waals surface area contributed by atoms with E-state index in [-0.39, 0.29) is 101 Å². The lowest BCUT2D eigenvalue weighted by Gasteiger charge is -2.27. The number of guanidine groups is 3. The lowest BCUT2D eigenvalue weighted by Crippen LogP contribution is -2.59. The lowest BCUT2D eigenvalue weighted by atomic mass is 10.0. The van der Waals surface area contributed by atoms with Crippen LogP contribution in [-0.2, 0) is 35.2 Å². The maximum atomic E-state index is 14.1. The summed E-state index contributed by atoms with van der Waals surface area (Å²) in [6.07, 6.45) is 21.5. The van der Waals surface area contributed by atoms with Crippen LogP contribution in [0.15, 0.2) is 12.5 Å². The third-order valence-corrected chi connectivity index (χ3v) is 11.6. The molecule has 1 aromatic heterocycles. The summed E-state index contributed by atoms with van der Waals surface area (Å²) in [4.78, 5) is 87.5. The Balaban J connectivity index is 3.02. The van der Waals surface area contributed by atoms with Gasteiger partial charge >= 0.3 is 5.97 Å². The number of unbranched alkanes of at least 4 members (excludes halogenated alkanes) is 14. The number of carbonyl (C=O) groups is 6. The van der Waals surface area contributed by atoms with Crippen LogP contribution >= 0.6 is 12.6 Å². The van der Waals surface area contributed by atoms with E-state index in [9.17, 15) is 33.9 Å². The number of nitrogens with one attached hydrogen (secondary N) is 12. The number of thiol groups is 1. The number of amides is 5. The van der Waals surface area contributed by atoms with Gasteiger partial charge in [-0.15, -0.1) is 0 Å². The van der Waals surface area contributed by atoms with Crippen molar-refractivity contribution in [2.75, 3.05) is 25.4 Å². The number of H-pyrrole nitrogens is 1. The second-order valence-corrected chi connectivity index (χ2v) is 17.7. The van der Waals surface area contributed by atoms with Gasteiger partial charge in [-0.2, -0.15) is 12.6 Å². The largest absolute Gasteiger partial charge is 0.480 e. The monoisotopic (exact) mass is 993 g/mol. The average Bonchev–Trinajstić information content (AvgIpc) is 3.82. The van der Waals surface area contributed by atoms with Crippen molar-refractivity contribution in [3.8, 4) is 0 Å². The van der Waals surface area contributed by atoms with Gasteiger partial charge in [0.25, 0.3) is 0 Å². The Morgan fingerprint density at radius 2 is 0.942 bits per heavy atom. The molecular formula is C45H84N16O7S. The van der Waals surface area contributed by atoms with Crippen molar-refractivity contribution in [2.45, 2.75) is 185 Å². The third kappa shape index (κ3) is 31.0. The van der Waals surface area contributed by atoms with E-state index >= 15 is 0 Å².